The average molecular weight is 244 g/mol. The summed E-state index contributed by atoms with van der Waals surface area (Å²) in [6, 6.07) is 0. The molecule has 0 radical (unpaired) electrons. The number of ketones is 1. The van der Waals surface area contributed by atoms with Gasteiger partial charge in [0.05, 0.1) is 0 Å². The van der Waals surface area contributed by atoms with Crippen molar-refractivity contribution in [2.45, 2.75) is 64.9 Å². The number of esters is 1. The van der Waals surface area contributed by atoms with Gasteiger partial charge in [0.15, 0.2) is 12.4 Å². The van der Waals surface area contributed by atoms with Crippen LogP contribution in [0.4, 0.5) is 0 Å². The maximum absolute atomic E-state index is 11.2. The average Bonchev–Trinajstić information content (AvgIpc) is 2.30. The van der Waals surface area contributed by atoms with Gasteiger partial charge in [-0.3, -0.25) is 9.59 Å². The van der Waals surface area contributed by atoms with Gasteiger partial charge in [-0.05, 0) is 13.3 Å². The number of carbonyl (C=O) groups excluding carboxylic acids is 2. The Kier molecular flexibility index (Phi) is 9.72. The number of hydrogen-bond donors (Lipinski definition) is 1. The molecule has 0 heterocycles. The topological polar surface area (TPSA) is 63.6 Å². The zero-order valence-corrected chi connectivity index (χ0v) is 10.9. The third kappa shape index (κ3) is 10.00. The Balaban J connectivity index is 3.38. The molecule has 0 aromatic heterocycles. The van der Waals surface area contributed by atoms with Crippen molar-refractivity contribution >= 4 is 11.8 Å². The van der Waals surface area contributed by atoms with E-state index < -0.39 is 11.9 Å². The minimum absolute atomic E-state index is 0.313. The van der Waals surface area contributed by atoms with E-state index in [4.69, 9.17) is 9.84 Å². The molecule has 0 aromatic rings. The summed E-state index contributed by atoms with van der Waals surface area (Å²) in [4.78, 5) is 22.2. The molecular weight excluding hydrogens is 220 g/mol. The van der Waals surface area contributed by atoms with Gasteiger partial charge in [0.1, 0.15) is 6.10 Å². The number of hydrogen-bond acceptors (Lipinski definition) is 4. The minimum Gasteiger partial charge on any atom is -0.458 e. The normalized spacial score (nSPS) is 12.2. The first kappa shape index (κ1) is 16.1. The van der Waals surface area contributed by atoms with E-state index in [1.54, 1.807) is 0 Å². The van der Waals surface area contributed by atoms with Crippen LogP contribution in [0, 0.1) is 0 Å². The van der Waals surface area contributed by atoms with E-state index in [9.17, 15) is 9.59 Å². The van der Waals surface area contributed by atoms with Crippen LogP contribution in [0.3, 0.4) is 0 Å². The number of ether oxygens (including phenoxy) is 1. The lowest BCUT2D eigenvalue weighted by molar-refractivity contribution is -0.150. The molecule has 1 unspecified atom stereocenters. The predicted molar refractivity (Wildman–Crippen MR) is 65.6 cm³/mol. The Bertz CT molecular complexity index is 223. The third-order valence-electron chi connectivity index (χ3n) is 2.58. The van der Waals surface area contributed by atoms with Gasteiger partial charge >= 0.3 is 5.97 Å². The van der Waals surface area contributed by atoms with Crippen LogP contribution in [0.1, 0.15) is 58.8 Å². The number of rotatable bonds is 10. The summed E-state index contributed by atoms with van der Waals surface area (Å²) in [6.07, 6.45) is 5.96. The molecular formula is C13H24O4. The summed E-state index contributed by atoms with van der Waals surface area (Å²) >= 11 is 0. The van der Waals surface area contributed by atoms with Crippen molar-refractivity contribution in [2.24, 2.45) is 0 Å². The molecule has 0 bridgehead atoms. The van der Waals surface area contributed by atoms with Crippen molar-refractivity contribution in [3.05, 3.63) is 0 Å². The molecule has 0 aliphatic carbocycles. The van der Waals surface area contributed by atoms with Gasteiger partial charge in [0.2, 0.25) is 0 Å². The SMILES string of the molecule is CCCCCCCCC(=O)OCC(=O)C(C)O. The van der Waals surface area contributed by atoms with E-state index in [0.717, 1.165) is 19.3 Å². The summed E-state index contributed by atoms with van der Waals surface area (Å²) in [5.41, 5.74) is 0. The Morgan fingerprint density at radius 3 is 2.29 bits per heavy atom. The van der Waals surface area contributed by atoms with Gasteiger partial charge in [-0.1, -0.05) is 39.0 Å². The van der Waals surface area contributed by atoms with Crippen molar-refractivity contribution in [3.8, 4) is 0 Å². The lowest BCUT2D eigenvalue weighted by Gasteiger charge is -2.05. The van der Waals surface area contributed by atoms with E-state index >= 15 is 0 Å². The van der Waals surface area contributed by atoms with Crippen LogP contribution in [0.25, 0.3) is 0 Å². The largest absolute Gasteiger partial charge is 0.458 e. The predicted octanol–water partition coefficient (Wildman–Crippen LogP) is 2.23. The third-order valence-corrected chi connectivity index (χ3v) is 2.58. The van der Waals surface area contributed by atoms with Crippen LogP contribution in [0.2, 0.25) is 0 Å². The van der Waals surface area contributed by atoms with E-state index in [1.165, 1.54) is 26.2 Å². The molecule has 0 amide bonds. The smallest absolute Gasteiger partial charge is 0.306 e. The lowest BCUT2D eigenvalue weighted by atomic mass is 10.1. The van der Waals surface area contributed by atoms with Gasteiger partial charge < -0.3 is 9.84 Å². The Morgan fingerprint density at radius 1 is 1.12 bits per heavy atom. The van der Waals surface area contributed by atoms with E-state index in [-0.39, 0.29) is 12.6 Å². The van der Waals surface area contributed by atoms with Gasteiger partial charge in [-0.2, -0.15) is 0 Å². The van der Waals surface area contributed by atoms with Crippen molar-refractivity contribution in [2.75, 3.05) is 6.61 Å². The first-order chi connectivity index (χ1) is 8.07. The van der Waals surface area contributed by atoms with Crippen LogP contribution in [0.5, 0.6) is 0 Å². The van der Waals surface area contributed by atoms with Crippen molar-refractivity contribution in [1.82, 2.24) is 0 Å². The van der Waals surface area contributed by atoms with Crippen LogP contribution in [-0.2, 0) is 14.3 Å². The Labute approximate surface area is 103 Å². The molecule has 0 rings (SSSR count). The van der Waals surface area contributed by atoms with Crippen LogP contribution in [0.15, 0.2) is 0 Å². The number of unbranched alkanes of at least 4 members (excludes halogenated alkanes) is 5. The molecule has 100 valence electrons. The highest BCUT2D eigenvalue weighted by atomic mass is 16.5. The number of aliphatic hydroxyl groups is 1. The van der Waals surface area contributed by atoms with Crippen LogP contribution in [-0.4, -0.2) is 29.6 Å². The second-order valence-electron chi connectivity index (χ2n) is 4.32. The Morgan fingerprint density at radius 2 is 1.71 bits per heavy atom. The second kappa shape index (κ2) is 10.3. The maximum atomic E-state index is 11.2. The highest BCUT2D eigenvalue weighted by Crippen LogP contribution is 2.07. The van der Waals surface area contributed by atoms with E-state index in [2.05, 4.69) is 6.92 Å². The monoisotopic (exact) mass is 244 g/mol. The van der Waals surface area contributed by atoms with Crippen molar-refractivity contribution in [3.63, 3.8) is 0 Å². The molecule has 1 atom stereocenters. The second-order valence-corrected chi connectivity index (χ2v) is 4.32. The van der Waals surface area contributed by atoms with Crippen molar-refractivity contribution in [1.29, 1.82) is 0 Å². The van der Waals surface area contributed by atoms with E-state index in [0.29, 0.717) is 6.42 Å². The number of aliphatic hydroxyl groups excluding tert-OH is 1. The molecule has 0 saturated heterocycles. The van der Waals surface area contributed by atoms with E-state index in [1.807, 2.05) is 0 Å². The summed E-state index contributed by atoms with van der Waals surface area (Å²) < 4.78 is 4.74. The highest BCUT2D eigenvalue weighted by molar-refractivity contribution is 5.85. The molecule has 0 aliphatic rings. The molecule has 4 heteroatoms. The quantitative estimate of drug-likeness (QED) is 0.473. The van der Waals surface area contributed by atoms with Gasteiger partial charge in [-0.15, -0.1) is 0 Å². The Hall–Kier alpha value is -0.900. The first-order valence-electron chi connectivity index (χ1n) is 6.44. The van der Waals surface area contributed by atoms with Crippen LogP contribution < -0.4 is 0 Å². The molecule has 0 saturated carbocycles. The molecule has 0 aliphatic heterocycles. The van der Waals surface area contributed by atoms with Gasteiger partial charge in [0.25, 0.3) is 0 Å². The highest BCUT2D eigenvalue weighted by Gasteiger charge is 2.11. The van der Waals surface area contributed by atoms with Crippen molar-refractivity contribution < 1.29 is 19.4 Å². The van der Waals surface area contributed by atoms with Gasteiger partial charge in [0, 0.05) is 6.42 Å². The number of Topliss-reactive ketones (excluding diaryl/α,β-unsaturated/α-hetero) is 1. The first-order valence-corrected chi connectivity index (χ1v) is 6.44. The zero-order valence-electron chi connectivity index (χ0n) is 10.9. The molecule has 4 nitrogen and oxygen atoms in total. The molecule has 17 heavy (non-hydrogen) atoms. The van der Waals surface area contributed by atoms with Crippen LogP contribution >= 0.6 is 0 Å². The summed E-state index contributed by atoms with van der Waals surface area (Å²) in [6.45, 7) is 3.22. The summed E-state index contributed by atoms with van der Waals surface area (Å²) in [5.74, 6) is -0.809. The fourth-order valence-corrected chi connectivity index (χ4v) is 1.39. The van der Waals surface area contributed by atoms with Gasteiger partial charge in [-0.25, -0.2) is 0 Å². The number of carbonyl (C=O) groups is 2. The summed E-state index contributed by atoms with van der Waals surface area (Å²) in [5, 5.41) is 8.89. The molecule has 0 fully saturated rings. The molecule has 0 spiro atoms. The fourth-order valence-electron chi connectivity index (χ4n) is 1.39. The standard InChI is InChI=1S/C13H24O4/c1-3-4-5-6-7-8-9-13(16)17-10-12(15)11(2)14/h11,14H,3-10H2,1-2H3. The lowest BCUT2D eigenvalue weighted by Crippen LogP contribution is -2.23. The summed E-state index contributed by atoms with van der Waals surface area (Å²) in [7, 11) is 0. The minimum atomic E-state index is -1.06. The fraction of sp³-hybridized carbons (Fsp3) is 0.846. The molecule has 1 N–H and O–H groups in total. The molecule has 0 aromatic carbocycles. The zero-order chi connectivity index (χ0) is 13.1. The maximum Gasteiger partial charge on any atom is 0.306 e.